The van der Waals surface area contributed by atoms with Crippen molar-refractivity contribution in [3.05, 3.63) is 33.9 Å². The van der Waals surface area contributed by atoms with Crippen LogP contribution in [0.1, 0.15) is 37.7 Å². The molecule has 1 aliphatic rings. The zero-order valence-electron chi connectivity index (χ0n) is 11.5. The lowest BCUT2D eigenvalue weighted by atomic mass is 9.82. The maximum absolute atomic E-state index is 12.3. The van der Waals surface area contributed by atoms with E-state index in [1.165, 1.54) is 12.1 Å². The smallest absolute Gasteiger partial charge is 0.271 e. The van der Waals surface area contributed by atoms with Gasteiger partial charge in [-0.25, -0.2) is 0 Å². The van der Waals surface area contributed by atoms with Gasteiger partial charge in [-0.2, -0.15) is 0 Å². The van der Waals surface area contributed by atoms with Crippen LogP contribution in [-0.4, -0.2) is 16.4 Å². The first kappa shape index (κ1) is 14.5. The average Bonchev–Trinajstić information content (AvgIpc) is 2.41. The summed E-state index contributed by atoms with van der Waals surface area (Å²) in [5.74, 6) is -0.249. The van der Waals surface area contributed by atoms with Gasteiger partial charge in [-0.15, -0.1) is 0 Å². The molecule has 1 aliphatic carbocycles. The number of rotatable bonds is 3. The maximum Gasteiger partial charge on any atom is 0.271 e. The summed E-state index contributed by atoms with van der Waals surface area (Å²) in [6, 6.07) is 4.42. The molecule has 6 heteroatoms. The Balaban J connectivity index is 2.18. The maximum atomic E-state index is 12.3. The fourth-order valence-electron chi connectivity index (χ4n) is 2.51. The van der Waals surface area contributed by atoms with E-state index in [1.807, 2.05) is 0 Å². The average molecular weight is 277 g/mol. The Hall–Kier alpha value is -1.95. The number of carbonyl (C=O) groups excluding carboxylic acids is 1. The third-order valence-corrected chi connectivity index (χ3v) is 3.88. The van der Waals surface area contributed by atoms with E-state index in [9.17, 15) is 14.9 Å². The van der Waals surface area contributed by atoms with Crippen molar-refractivity contribution in [3.63, 3.8) is 0 Å². The molecular formula is C14H19N3O3. The van der Waals surface area contributed by atoms with Crippen molar-refractivity contribution in [2.75, 3.05) is 5.32 Å². The Bertz CT molecular complexity index is 536. The van der Waals surface area contributed by atoms with Crippen molar-refractivity contribution in [1.82, 2.24) is 0 Å². The van der Waals surface area contributed by atoms with Crippen LogP contribution < -0.4 is 11.1 Å². The lowest BCUT2D eigenvalue weighted by Crippen LogP contribution is -2.52. The molecule has 0 bridgehead atoms. The minimum Gasteiger partial charge on any atom is -0.324 e. The Kier molecular flexibility index (Phi) is 4.04. The first-order valence-electron chi connectivity index (χ1n) is 6.78. The van der Waals surface area contributed by atoms with Crippen LogP contribution in [0, 0.1) is 17.0 Å². The highest BCUT2D eigenvalue weighted by atomic mass is 16.6. The summed E-state index contributed by atoms with van der Waals surface area (Å²) in [7, 11) is 0. The molecule has 0 radical (unpaired) electrons. The number of amides is 1. The molecule has 0 spiro atoms. The summed E-state index contributed by atoms with van der Waals surface area (Å²) in [5.41, 5.74) is 6.50. The molecule has 0 saturated heterocycles. The van der Waals surface area contributed by atoms with Crippen LogP contribution in [0.5, 0.6) is 0 Å². The van der Waals surface area contributed by atoms with E-state index in [1.54, 1.807) is 13.0 Å². The third kappa shape index (κ3) is 2.96. The molecule has 0 heterocycles. The Morgan fingerprint density at radius 1 is 1.35 bits per heavy atom. The van der Waals surface area contributed by atoms with Gasteiger partial charge in [0.15, 0.2) is 0 Å². The summed E-state index contributed by atoms with van der Waals surface area (Å²) < 4.78 is 0. The largest absolute Gasteiger partial charge is 0.324 e. The molecule has 3 N–H and O–H groups in total. The highest BCUT2D eigenvalue weighted by molar-refractivity contribution is 5.98. The van der Waals surface area contributed by atoms with Gasteiger partial charge in [0, 0.05) is 12.1 Å². The summed E-state index contributed by atoms with van der Waals surface area (Å²) in [5, 5.41) is 13.5. The number of non-ortho nitro benzene ring substituents is 1. The Morgan fingerprint density at radius 2 is 2.00 bits per heavy atom. The van der Waals surface area contributed by atoms with E-state index < -0.39 is 10.5 Å². The molecule has 1 fully saturated rings. The lowest BCUT2D eigenvalue weighted by molar-refractivity contribution is -0.384. The summed E-state index contributed by atoms with van der Waals surface area (Å²) in [6.45, 7) is 1.80. The second kappa shape index (κ2) is 5.58. The van der Waals surface area contributed by atoms with E-state index in [4.69, 9.17) is 5.73 Å². The number of anilines is 1. The van der Waals surface area contributed by atoms with E-state index in [0.29, 0.717) is 18.5 Å². The highest BCUT2D eigenvalue weighted by Crippen LogP contribution is 2.28. The van der Waals surface area contributed by atoms with Gasteiger partial charge in [-0.1, -0.05) is 25.3 Å². The number of carbonyl (C=O) groups is 1. The Labute approximate surface area is 117 Å². The lowest BCUT2D eigenvalue weighted by Gasteiger charge is -2.31. The summed E-state index contributed by atoms with van der Waals surface area (Å²) in [4.78, 5) is 22.6. The second-order valence-electron chi connectivity index (χ2n) is 5.43. The molecule has 0 aliphatic heterocycles. The quantitative estimate of drug-likeness (QED) is 0.655. The minimum absolute atomic E-state index is 0.0411. The number of benzene rings is 1. The number of nitro benzene ring substituents is 1. The normalized spacial score (nSPS) is 17.5. The van der Waals surface area contributed by atoms with Crippen LogP contribution in [0.15, 0.2) is 18.2 Å². The Morgan fingerprint density at radius 3 is 2.60 bits per heavy atom. The number of hydrogen-bond acceptors (Lipinski definition) is 4. The predicted octanol–water partition coefficient (Wildman–Crippen LogP) is 2.50. The van der Waals surface area contributed by atoms with Gasteiger partial charge in [0.05, 0.1) is 16.1 Å². The minimum atomic E-state index is -0.852. The molecule has 1 saturated carbocycles. The molecule has 1 amide bonds. The number of nitrogens with zero attached hydrogens (tertiary/aromatic N) is 1. The highest BCUT2D eigenvalue weighted by Gasteiger charge is 2.35. The fraction of sp³-hybridized carbons (Fsp3) is 0.500. The standard InChI is InChI=1S/C14H19N3O3/c1-10-5-6-11(17(19)20)9-12(10)16-13(18)14(15)7-3-2-4-8-14/h5-6,9H,2-4,7-8,15H2,1H3,(H,16,18). The molecule has 20 heavy (non-hydrogen) atoms. The van der Waals surface area contributed by atoms with Gasteiger partial charge in [0.25, 0.3) is 5.69 Å². The topological polar surface area (TPSA) is 98.3 Å². The van der Waals surface area contributed by atoms with E-state index in [0.717, 1.165) is 24.8 Å². The van der Waals surface area contributed by atoms with Crippen molar-refractivity contribution in [2.24, 2.45) is 5.73 Å². The van der Waals surface area contributed by atoms with Crippen molar-refractivity contribution < 1.29 is 9.72 Å². The van der Waals surface area contributed by atoms with Crippen LogP contribution >= 0.6 is 0 Å². The van der Waals surface area contributed by atoms with Crippen LogP contribution in [0.3, 0.4) is 0 Å². The number of nitrogens with two attached hydrogens (primary N) is 1. The van der Waals surface area contributed by atoms with Crippen molar-refractivity contribution in [2.45, 2.75) is 44.6 Å². The third-order valence-electron chi connectivity index (χ3n) is 3.88. The molecule has 1 aromatic rings. The zero-order valence-corrected chi connectivity index (χ0v) is 11.5. The van der Waals surface area contributed by atoms with Gasteiger partial charge in [-0.05, 0) is 25.3 Å². The van der Waals surface area contributed by atoms with E-state index in [-0.39, 0.29) is 11.6 Å². The van der Waals surface area contributed by atoms with Crippen molar-refractivity contribution >= 4 is 17.3 Å². The van der Waals surface area contributed by atoms with E-state index >= 15 is 0 Å². The molecule has 1 aromatic carbocycles. The summed E-state index contributed by atoms with van der Waals surface area (Å²) in [6.07, 6.45) is 4.30. The molecule has 108 valence electrons. The number of aryl methyl sites for hydroxylation is 1. The fourth-order valence-corrected chi connectivity index (χ4v) is 2.51. The van der Waals surface area contributed by atoms with Gasteiger partial charge in [0.1, 0.15) is 0 Å². The van der Waals surface area contributed by atoms with E-state index in [2.05, 4.69) is 5.32 Å². The molecular weight excluding hydrogens is 258 g/mol. The van der Waals surface area contributed by atoms with Crippen LogP contribution in [0.25, 0.3) is 0 Å². The van der Waals surface area contributed by atoms with Crippen LogP contribution in [0.2, 0.25) is 0 Å². The molecule has 6 nitrogen and oxygen atoms in total. The molecule has 0 atom stereocenters. The predicted molar refractivity (Wildman–Crippen MR) is 76.5 cm³/mol. The number of nitro groups is 1. The summed E-state index contributed by atoms with van der Waals surface area (Å²) >= 11 is 0. The first-order chi connectivity index (χ1) is 9.42. The SMILES string of the molecule is Cc1ccc([N+](=O)[O-])cc1NC(=O)C1(N)CCCCC1. The first-order valence-corrected chi connectivity index (χ1v) is 6.78. The van der Waals surface area contributed by atoms with Gasteiger partial charge < -0.3 is 11.1 Å². The molecule has 2 rings (SSSR count). The monoisotopic (exact) mass is 277 g/mol. The van der Waals surface area contributed by atoms with Gasteiger partial charge >= 0.3 is 0 Å². The number of hydrogen-bond donors (Lipinski definition) is 2. The second-order valence-corrected chi connectivity index (χ2v) is 5.43. The van der Waals surface area contributed by atoms with Crippen molar-refractivity contribution in [1.29, 1.82) is 0 Å². The number of nitrogens with one attached hydrogen (secondary N) is 1. The van der Waals surface area contributed by atoms with Crippen molar-refractivity contribution in [3.8, 4) is 0 Å². The molecule has 0 unspecified atom stereocenters. The molecule has 0 aromatic heterocycles. The van der Waals surface area contributed by atoms with Crippen LogP contribution in [0.4, 0.5) is 11.4 Å². The zero-order chi connectivity index (χ0) is 14.8. The van der Waals surface area contributed by atoms with Gasteiger partial charge in [-0.3, -0.25) is 14.9 Å². The van der Waals surface area contributed by atoms with Crippen LogP contribution in [-0.2, 0) is 4.79 Å². The van der Waals surface area contributed by atoms with Gasteiger partial charge in [0.2, 0.25) is 5.91 Å².